The number of rotatable bonds is 3. The minimum absolute atomic E-state index is 0.0385. The van der Waals surface area contributed by atoms with Crippen LogP contribution in [0.3, 0.4) is 0 Å². The largest absolute Gasteiger partial charge is 0.487 e. The van der Waals surface area contributed by atoms with Gasteiger partial charge in [-0.3, -0.25) is 4.79 Å². The molecule has 2 saturated heterocycles. The number of carbonyl (C=O) groups excluding carboxylic acids is 1. The molecule has 2 heterocycles. The predicted octanol–water partition coefficient (Wildman–Crippen LogP) is -0.604. The van der Waals surface area contributed by atoms with Gasteiger partial charge in [-0.2, -0.15) is 5.53 Å². The van der Waals surface area contributed by atoms with Crippen molar-refractivity contribution in [2.45, 2.75) is 12.1 Å². The van der Waals surface area contributed by atoms with E-state index in [-0.39, 0.29) is 23.9 Å². The van der Waals surface area contributed by atoms with Crippen LogP contribution in [0.2, 0.25) is 0 Å². The molecule has 0 spiro atoms. The standard InChI is InChI=1S/C12H15FN4O2/c13-8-2-1-3-9(4-8)19-10-6-17(7-10)12(18)11-5-14-16-15-11/h1-4,10-11,14-16H,5-7H2. The van der Waals surface area contributed by atoms with E-state index in [2.05, 4.69) is 16.4 Å². The van der Waals surface area contributed by atoms with Crippen LogP contribution in [0.4, 0.5) is 4.39 Å². The lowest BCUT2D eigenvalue weighted by molar-refractivity contribution is -0.141. The normalized spacial score (nSPS) is 23.2. The fraction of sp³-hybridized carbons (Fsp3) is 0.417. The highest BCUT2D eigenvalue weighted by molar-refractivity contribution is 5.83. The zero-order valence-electron chi connectivity index (χ0n) is 10.2. The van der Waals surface area contributed by atoms with Gasteiger partial charge in [0.1, 0.15) is 23.7 Å². The Morgan fingerprint density at radius 3 is 2.95 bits per heavy atom. The van der Waals surface area contributed by atoms with E-state index in [9.17, 15) is 9.18 Å². The van der Waals surface area contributed by atoms with E-state index in [1.807, 2.05) is 0 Å². The molecule has 2 aliphatic rings. The molecule has 2 aliphatic heterocycles. The van der Waals surface area contributed by atoms with Gasteiger partial charge >= 0.3 is 0 Å². The Bertz CT molecular complexity index is 473. The molecule has 1 aromatic carbocycles. The number of ether oxygens (including phenoxy) is 1. The van der Waals surface area contributed by atoms with Gasteiger partial charge in [0.15, 0.2) is 0 Å². The Balaban J connectivity index is 1.48. The number of benzene rings is 1. The summed E-state index contributed by atoms with van der Waals surface area (Å²) in [6.07, 6.45) is -0.0620. The molecule has 3 N–H and O–H groups in total. The Morgan fingerprint density at radius 2 is 2.26 bits per heavy atom. The van der Waals surface area contributed by atoms with E-state index in [1.165, 1.54) is 12.1 Å². The number of hydrogen-bond acceptors (Lipinski definition) is 5. The number of carbonyl (C=O) groups is 1. The first-order valence-electron chi connectivity index (χ1n) is 6.17. The first-order valence-corrected chi connectivity index (χ1v) is 6.17. The second-order valence-electron chi connectivity index (χ2n) is 4.64. The molecule has 2 fully saturated rings. The first kappa shape index (κ1) is 12.3. The van der Waals surface area contributed by atoms with Gasteiger partial charge in [0.25, 0.3) is 0 Å². The summed E-state index contributed by atoms with van der Waals surface area (Å²) in [7, 11) is 0. The summed E-state index contributed by atoms with van der Waals surface area (Å²) >= 11 is 0. The molecule has 0 radical (unpaired) electrons. The molecule has 1 unspecified atom stereocenters. The van der Waals surface area contributed by atoms with Crippen LogP contribution in [0, 0.1) is 5.82 Å². The zero-order chi connectivity index (χ0) is 13.2. The van der Waals surface area contributed by atoms with Crippen LogP contribution in [0.25, 0.3) is 0 Å². The van der Waals surface area contributed by atoms with Crippen molar-refractivity contribution in [3.8, 4) is 5.75 Å². The van der Waals surface area contributed by atoms with E-state index in [4.69, 9.17) is 4.74 Å². The minimum atomic E-state index is -0.322. The average molecular weight is 266 g/mol. The van der Waals surface area contributed by atoms with Gasteiger partial charge < -0.3 is 9.64 Å². The van der Waals surface area contributed by atoms with Gasteiger partial charge in [-0.15, -0.1) is 0 Å². The monoisotopic (exact) mass is 266 g/mol. The molecule has 102 valence electrons. The fourth-order valence-corrected chi connectivity index (χ4v) is 2.14. The molecule has 0 aromatic heterocycles. The lowest BCUT2D eigenvalue weighted by Gasteiger charge is -2.40. The highest BCUT2D eigenvalue weighted by atomic mass is 19.1. The topological polar surface area (TPSA) is 65.6 Å². The first-order chi connectivity index (χ1) is 9.22. The summed E-state index contributed by atoms with van der Waals surface area (Å²) in [6, 6.07) is 5.79. The average Bonchev–Trinajstić information content (AvgIpc) is 2.86. The molecule has 0 aliphatic carbocycles. The number of hydrogen-bond donors (Lipinski definition) is 3. The molecule has 3 rings (SSSR count). The van der Waals surface area contributed by atoms with Crippen molar-refractivity contribution in [3.63, 3.8) is 0 Å². The summed E-state index contributed by atoms with van der Waals surface area (Å²) in [4.78, 5) is 13.7. The molecule has 0 saturated carbocycles. The van der Waals surface area contributed by atoms with Crippen molar-refractivity contribution in [2.75, 3.05) is 19.6 Å². The van der Waals surface area contributed by atoms with Crippen LogP contribution < -0.4 is 21.1 Å². The third-order valence-electron chi connectivity index (χ3n) is 3.20. The van der Waals surface area contributed by atoms with Crippen molar-refractivity contribution in [3.05, 3.63) is 30.1 Å². The molecule has 1 amide bonds. The van der Waals surface area contributed by atoms with Crippen LogP contribution in [0.15, 0.2) is 24.3 Å². The molecule has 7 heteroatoms. The summed E-state index contributed by atoms with van der Waals surface area (Å²) in [5, 5.41) is 0. The summed E-state index contributed by atoms with van der Waals surface area (Å²) in [5.41, 5.74) is 8.36. The molecular formula is C12H15FN4O2. The molecular weight excluding hydrogens is 251 g/mol. The number of hydrazine groups is 2. The van der Waals surface area contributed by atoms with Crippen LogP contribution in [0.5, 0.6) is 5.75 Å². The number of nitrogens with one attached hydrogen (secondary N) is 3. The lowest BCUT2D eigenvalue weighted by atomic mass is 10.1. The number of nitrogens with zero attached hydrogens (tertiary/aromatic N) is 1. The van der Waals surface area contributed by atoms with E-state index in [0.717, 1.165) is 0 Å². The van der Waals surface area contributed by atoms with E-state index < -0.39 is 0 Å². The summed E-state index contributed by atoms with van der Waals surface area (Å²) < 4.78 is 18.6. The number of halogens is 1. The van der Waals surface area contributed by atoms with Crippen molar-refractivity contribution < 1.29 is 13.9 Å². The lowest BCUT2D eigenvalue weighted by Crippen LogP contribution is -2.60. The number of amides is 1. The summed E-state index contributed by atoms with van der Waals surface area (Å²) in [6.45, 7) is 1.63. The van der Waals surface area contributed by atoms with Gasteiger partial charge in [-0.05, 0) is 12.1 Å². The maximum Gasteiger partial charge on any atom is 0.242 e. The molecule has 0 bridgehead atoms. The van der Waals surface area contributed by atoms with E-state index >= 15 is 0 Å². The van der Waals surface area contributed by atoms with Crippen LogP contribution >= 0.6 is 0 Å². The molecule has 19 heavy (non-hydrogen) atoms. The summed E-state index contributed by atoms with van der Waals surface area (Å²) in [5.74, 6) is 0.216. The second kappa shape index (κ2) is 5.12. The van der Waals surface area contributed by atoms with Crippen molar-refractivity contribution in [1.29, 1.82) is 0 Å². The Kier molecular flexibility index (Phi) is 3.33. The van der Waals surface area contributed by atoms with Crippen LogP contribution in [-0.4, -0.2) is 42.6 Å². The molecule has 1 aromatic rings. The fourth-order valence-electron chi connectivity index (χ4n) is 2.14. The van der Waals surface area contributed by atoms with Crippen LogP contribution in [0.1, 0.15) is 0 Å². The van der Waals surface area contributed by atoms with Gasteiger partial charge in [0, 0.05) is 12.6 Å². The van der Waals surface area contributed by atoms with Gasteiger partial charge in [-0.25, -0.2) is 15.2 Å². The number of likely N-dealkylation sites (tertiary alicyclic amines) is 1. The van der Waals surface area contributed by atoms with Crippen molar-refractivity contribution in [1.82, 2.24) is 21.3 Å². The Hall–Kier alpha value is -1.70. The Labute approximate surface area is 109 Å². The SMILES string of the molecule is O=C(C1CNNN1)N1CC(Oc2cccc(F)c2)C1. The predicted molar refractivity (Wildman–Crippen MR) is 65.5 cm³/mol. The van der Waals surface area contributed by atoms with E-state index in [0.29, 0.717) is 25.4 Å². The third-order valence-corrected chi connectivity index (χ3v) is 3.20. The maximum absolute atomic E-state index is 13.0. The van der Waals surface area contributed by atoms with Crippen molar-refractivity contribution >= 4 is 5.91 Å². The quantitative estimate of drug-likeness (QED) is 0.681. The smallest absolute Gasteiger partial charge is 0.242 e. The zero-order valence-corrected chi connectivity index (χ0v) is 10.2. The van der Waals surface area contributed by atoms with Crippen LogP contribution in [-0.2, 0) is 4.79 Å². The third kappa shape index (κ3) is 2.67. The highest BCUT2D eigenvalue weighted by Crippen LogP contribution is 2.19. The molecule has 6 nitrogen and oxygen atoms in total. The van der Waals surface area contributed by atoms with Gasteiger partial charge in [0.05, 0.1) is 13.1 Å². The Morgan fingerprint density at radius 1 is 1.42 bits per heavy atom. The highest BCUT2D eigenvalue weighted by Gasteiger charge is 2.36. The van der Waals surface area contributed by atoms with Gasteiger partial charge in [-0.1, -0.05) is 6.07 Å². The van der Waals surface area contributed by atoms with Crippen molar-refractivity contribution in [2.24, 2.45) is 0 Å². The minimum Gasteiger partial charge on any atom is -0.487 e. The van der Waals surface area contributed by atoms with E-state index in [1.54, 1.807) is 17.0 Å². The maximum atomic E-state index is 13.0. The van der Waals surface area contributed by atoms with Gasteiger partial charge in [0.2, 0.25) is 5.91 Å². The molecule has 1 atom stereocenters. The second-order valence-corrected chi connectivity index (χ2v) is 4.64.